The van der Waals surface area contributed by atoms with Gasteiger partial charge in [0.2, 0.25) is 0 Å². The molecule has 2 aromatic carbocycles. The Morgan fingerprint density at radius 2 is 1.21 bits per heavy atom. The minimum atomic E-state index is -1.98. The van der Waals surface area contributed by atoms with Crippen molar-refractivity contribution in [2.75, 3.05) is 0 Å². The van der Waals surface area contributed by atoms with E-state index in [1.165, 1.54) is 12.1 Å². The van der Waals surface area contributed by atoms with Crippen molar-refractivity contribution < 1.29 is 30.0 Å². The summed E-state index contributed by atoms with van der Waals surface area (Å²) in [5.74, 6) is -3.66. The summed E-state index contributed by atoms with van der Waals surface area (Å²) in [4.78, 5) is 23.5. The van der Waals surface area contributed by atoms with Crippen LogP contribution in [-0.2, 0) is 22.4 Å². The van der Waals surface area contributed by atoms with Gasteiger partial charge in [0.1, 0.15) is 11.5 Å². The largest absolute Gasteiger partial charge is 0.550 e. The van der Waals surface area contributed by atoms with Gasteiger partial charge in [0.25, 0.3) is 0 Å². The highest BCUT2D eigenvalue weighted by Gasteiger charge is 2.35. The molecule has 0 radical (unpaired) electrons. The van der Waals surface area contributed by atoms with Crippen LogP contribution in [0.5, 0.6) is 11.5 Å². The molecule has 0 heterocycles. The van der Waals surface area contributed by atoms with Crippen molar-refractivity contribution in [2.45, 2.75) is 19.3 Å². The number of rotatable bonds is 7. The predicted molar refractivity (Wildman–Crippen MR) is 111 cm³/mol. The van der Waals surface area contributed by atoms with Crippen LogP contribution in [0.25, 0.3) is 0 Å². The second-order valence-corrected chi connectivity index (χ2v) is 9.80. The van der Waals surface area contributed by atoms with Gasteiger partial charge in [-0.15, -0.1) is 0 Å². The number of carboxylic acids is 2. The first-order chi connectivity index (χ1) is 12.9. The molecule has 0 aromatic heterocycles. The molecule has 0 fully saturated rings. The number of halogens is 4. The number of phenolic OH excluding ortho intramolecular Hbond substituents is 2. The van der Waals surface area contributed by atoms with E-state index < -0.39 is 23.8 Å². The lowest BCUT2D eigenvalue weighted by Gasteiger charge is -2.36. The summed E-state index contributed by atoms with van der Waals surface area (Å²) < 4.78 is 1.73. The molecule has 0 saturated heterocycles. The van der Waals surface area contributed by atoms with Crippen LogP contribution in [0.3, 0.4) is 0 Å². The fraction of sp³-hybridized carbons (Fsp3) is 0.222. The van der Waals surface area contributed by atoms with Crippen molar-refractivity contribution in [2.24, 2.45) is 5.41 Å². The molecular formula is C18H12Br4O6-2. The average Bonchev–Trinajstić information content (AvgIpc) is 2.55. The van der Waals surface area contributed by atoms with Crippen LogP contribution >= 0.6 is 63.7 Å². The normalized spacial score (nSPS) is 11.4. The molecule has 2 aromatic rings. The summed E-state index contributed by atoms with van der Waals surface area (Å²) in [5, 5.41) is 44.1. The molecule has 0 aliphatic rings. The highest BCUT2D eigenvalue weighted by Crippen LogP contribution is 2.41. The van der Waals surface area contributed by atoms with E-state index in [1.807, 2.05) is 0 Å². The Balaban J connectivity index is 2.61. The lowest BCUT2D eigenvalue weighted by molar-refractivity contribution is -0.328. The Hall–Kier alpha value is -1.10. The average molecular weight is 644 g/mol. The monoisotopic (exact) mass is 640 g/mol. The Kier molecular flexibility index (Phi) is 7.57. The lowest BCUT2D eigenvalue weighted by atomic mass is 9.73. The minimum Gasteiger partial charge on any atom is -0.550 e. The van der Waals surface area contributed by atoms with Crippen LogP contribution in [0.2, 0.25) is 0 Å². The smallest absolute Gasteiger partial charge is 0.133 e. The number of hydrogen-bond donors (Lipinski definition) is 2. The minimum absolute atomic E-state index is 0.195. The van der Waals surface area contributed by atoms with Gasteiger partial charge in [-0.3, -0.25) is 0 Å². The number of phenols is 2. The topological polar surface area (TPSA) is 121 Å². The standard InChI is InChI=1S/C18H14Br4O6/c19-10-1-8(15(25)12(21)3-10)5-18(17(27)28,7-14(23)24)6-9-2-11(20)4-13(22)16(9)26/h1-4,25-26H,5-7H2,(H,23,24)(H,27,28)/p-2. The maximum atomic E-state index is 12.1. The van der Waals surface area contributed by atoms with E-state index in [1.54, 1.807) is 12.1 Å². The fourth-order valence-electron chi connectivity index (χ4n) is 2.92. The van der Waals surface area contributed by atoms with Gasteiger partial charge in [0.05, 0.1) is 8.95 Å². The number of carboxylic acid groups (broad SMARTS) is 2. The predicted octanol–water partition coefficient (Wildman–Crippen LogP) is 2.81. The van der Waals surface area contributed by atoms with Crippen LogP contribution in [0.1, 0.15) is 17.5 Å². The third kappa shape index (κ3) is 5.28. The number of benzene rings is 2. The Labute approximate surface area is 194 Å². The number of aromatic hydroxyl groups is 2. The number of hydrogen-bond acceptors (Lipinski definition) is 6. The van der Waals surface area contributed by atoms with Crippen molar-refractivity contribution in [3.05, 3.63) is 53.3 Å². The van der Waals surface area contributed by atoms with Crippen molar-refractivity contribution >= 4 is 75.7 Å². The van der Waals surface area contributed by atoms with Gasteiger partial charge in [-0.2, -0.15) is 0 Å². The van der Waals surface area contributed by atoms with Gasteiger partial charge in [0, 0.05) is 26.3 Å². The Morgan fingerprint density at radius 1 is 0.821 bits per heavy atom. The molecule has 6 nitrogen and oxygen atoms in total. The van der Waals surface area contributed by atoms with E-state index in [2.05, 4.69) is 63.7 Å². The molecule has 0 bridgehead atoms. The molecule has 28 heavy (non-hydrogen) atoms. The first-order valence-corrected chi connectivity index (χ1v) is 10.9. The first-order valence-electron chi connectivity index (χ1n) is 7.70. The summed E-state index contributed by atoms with van der Waals surface area (Å²) in [7, 11) is 0. The first kappa shape index (κ1) is 23.2. The number of carbonyl (C=O) groups excluding carboxylic acids is 2. The zero-order chi connectivity index (χ0) is 21.2. The van der Waals surface area contributed by atoms with Crippen LogP contribution in [0.15, 0.2) is 42.2 Å². The van der Waals surface area contributed by atoms with E-state index in [0.717, 1.165) is 0 Å². The third-order valence-corrected chi connectivity index (χ3v) is 6.31. The maximum Gasteiger partial charge on any atom is 0.133 e. The van der Waals surface area contributed by atoms with Crippen LogP contribution in [-0.4, -0.2) is 22.2 Å². The van der Waals surface area contributed by atoms with Crippen LogP contribution < -0.4 is 10.2 Å². The van der Waals surface area contributed by atoms with E-state index in [4.69, 9.17) is 0 Å². The van der Waals surface area contributed by atoms with Crippen molar-refractivity contribution in [1.29, 1.82) is 0 Å². The Bertz CT molecular complexity index is 885. The highest BCUT2D eigenvalue weighted by molar-refractivity contribution is 9.11. The van der Waals surface area contributed by atoms with Gasteiger partial charge in [0.15, 0.2) is 0 Å². The molecule has 10 heteroatoms. The van der Waals surface area contributed by atoms with Gasteiger partial charge < -0.3 is 30.0 Å². The lowest BCUT2D eigenvalue weighted by Crippen LogP contribution is -2.48. The number of carbonyl (C=O) groups is 2. The zero-order valence-corrected chi connectivity index (χ0v) is 20.3. The molecule has 0 saturated carbocycles. The zero-order valence-electron chi connectivity index (χ0n) is 14.0. The van der Waals surface area contributed by atoms with Crippen molar-refractivity contribution in [3.8, 4) is 11.5 Å². The van der Waals surface area contributed by atoms with Crippen LogP contribution in [0.4, 0.5) is 0 Å². The second-order valence-electron chi connectivity index (χ2n) is 6.26. The molecule has 0 atom stereocenters. The Morgan fingerprint density at radius 3 is 1.54 bits per heavy atom. The van der Waals surface area contributed by atoms with Gasteiger partial charge >= 0.3 is 0 Å². The summed E-state index contributed by atoms with van der Waals surface area (Å²) >= 11 is 12.8. The SMILES string of the molecule is O=C([O-])CC(Cc1cc(Br)cc(Br)c1O)(Cc1cc(Br)cc(Br)c1O)C(=O)[O-]. The summed E-state index contributed by atoms with van der Waals surface area (Å²) in [6.07, 6.45) is -1.60. The molecule has 0 aliphatic carbocycles. The molecule has 0 amide bonds. The van der Waals surface area contributed by atoms with E-state index in [9.17, 15) is 30.0 Å². The van der Waals surface area contributed by atoms with E-state index in [-0.39, 0.29) is 35.5 Å². The molecule has 2 rings (SSSR count). The highest BCUT2D eigenvalue weighted by atomic mass is 79.9. The maximum absolute atomic E-state index is 12.1. The van der Waals surface area contributed by atoms with E-state index >= 15 is 0 Å². The van der Waals surface area contributed by atoms with Gasteiger partial charge in [-0.05, 0) is 86.5 Å². The summed E-state index contributed by atoms with van der Waals surface area (Å²) in [5.41, 5.74) is -1.59. The molecule has 0 unspecified atom stereocenters. The summed E-state index contributed by atoms with van der Waals surface area (Å²) in [6.45, 7) is 0. The van der Waals surface area contributed by atoms with Crippen molar-refractivity contribution in [3.63, 3.8) is 0 Å². The molecule has 150 valence electrons. The molecular weight excluding hydrogens is 632 g/mol. The van der Waals surface area contributed by atoms with Gasteiger partial charge in [-0.1, -0.05) is 31.9 Å². The quantitative estimate of drug-likeness (QED) is 0.479. The molecule has 0 aliphatic heterocycles. The molecule has 0 spiro atoms. The fourth-order valence-corrected chi connectivity index (χ4v) is 5.54. The van der Waals surface area contributed by atoms with E-state index in [0.29, 0.717) is 17.9 Å². The molecule has 2 N–H and O–H groups in total. The summed E-state index contributed by atoms with van der Waals surface area (Å²) in [6, 6.07) is 6.11. The number of aliphatic carboxylic acids is 2. The second kappa shape index (κ2) is 9.15. The van der Waals surface area contributed by atoms with Crippen molar-refractivity contribution in [1.82, 2.24) is 0 Å². The van der Waals surface area contributed by atoms with Crippen LogP contribution in [0, 0.1) is 5.41 Å². The third-order valence-electron chi connectivity index (χ3n) is 4.19. The van der Waals surface area contributed by atoms with Gasteiger partial charge in [-0.25, -0.2) is 0 Å².